The number of quaternary nitrogens is 1. The van der Waals surface area contributed by atoms with Crippen molar-refractivity contribution in [2.75, 3.05) is 13.2 Å². The van der Waals surface area contributed by atoms with Crippen LogP contribution in [0, 0.1) is 0 Å². The Kier molecular flexibility index (Phi) is 6.32. The highest BCUT2D eigenvalue weighted by molar-refractivity contribution is 5.39. The molecule has 0 bridgehead atoms. The van der Waals surface area contributed by atoms with Gasteiger partial charge in [-0.2, -0.15) is 0 Å². The third-order valence-corrected chi connectivity index (χ3v) is 4.88. The maximum absolute atomic E-state index is 10.1. The lowest BCUT2D eigenvalue weighted by Gasteiger charge is -2.26. The predicted octanol–water partition coefficient (Wildman–Crippen LogP) is 3.11. The zero-order valence-corrected chi connectivity index (χ0v) is 16.0. The zero-order chi connectivity index (χ0) is 19.1. The van der Waals surface area contributed by atoms with E-state index < -0.39 is 6.10 Å². The third-order valence-electron chi connectivity index (χ3n) is 4.88. The number of aliphatic hydroxyl groups excluding tert-OH is 1. The van der Waals surface area contributed by atoms with Crippen LogP contribution in [-0.4, -0.2) is 24.4 Å². The highest BCUT2D eigenvalue weighted by atomic mass is 16.5. The number of ether oxygens (including phenoxy) is 1. The Bertz CT molecular complexity index is 795. The Labute approximate surface area is 160 Å². The van der Waals surface area contributed by atoms with Crippen molar-refractivity contribution in [1.82, 2.24) is 0 Å². The van der Waals surface area contributed by atoms with E-state index in [1.54, 1.807) is 6.26 Å². The van der Waals surface area contributed by atoms with Crippen molar-refractivity contribution in [3.63, 3.8) is 0 Å². The molecule has 0 spiro atoms. The van der Waals surface area contributed by atoms with Gasteiger partial charge in [0.25, 0.3) is 0 Å². The van der Waals surface area contributed by atoms with E-state index in [0.29, 0.717) is 13.1 Å². The van der Waals surface area contributed by atoms with Crippen LogP contribution in [0.2, 0.25) is 0 Å². The molecule has 0 radical (unpaired) electrons. The molecule has 1 heterocycles. The lowest BCUT2D eigenvalue weighted by Crippen LogP contribution is -2.85. The normalized spacial score (nSPS) is 12.7. The number of furan rings is 1. The van der Waals surface area contributed by atoms with Crippen molar-refractivity contribution < 1.29 is 19.6 Å². The Morgan fingerprint density at radius 1 is 0.963 bits per heavy atom. The Balaban J connectivity index is 1.49. The Morgan fingerprint density at radius 2 is 1.67 bits per heavy atom. The van der Waals surface area contributed by atoms with Crippen LogP contribution in [0.15, 0.2) is 77.4 Å². The highest BCUT2D eigenvalue weighted by Crippen LogP contribution is 2.32. The summed E-state index contributed by atoms with van der Waals surface area (Å²) in [5.41, 5.74) is 2.44. The van der Waals surface area contributed by atoms with E-state index in [2.05, 4.69) is 50.2 Å². The van der Waals surface area contributed by atoms with Gasteiger partial charge in [0.2, 0.25) is 0 Å². The van der Waals surface area contributed by atoms with Gasteiger partial charge >= 0.3 is 0 Å². The van der Waals surface area contributed by atoms with E-state index in [0.717, 1.165) is 11.5 Å². The first kappa shape index (κ1) is 19.2. The number of hydrogen-bond acceptors (Lipinski definition) is 3. The van der Waals surface area contributed by atoms with Crippen LogP contribution in [0.4, 0.5) is 0 Å². The van der Waals surface area contributed by atoms with Crippen molar-refractivity contribution in [3.8, 4) is 5.75 Å². The molecule has 3 aromatic rings. The Morgan fingerprint density at radius 3 is 2.33 bits per heavy atom. The highest BCUT2D eigenvalue weighted by Gasteiger charge is 2.22. The molecule has 0 amide bonds. The monoisotopic (exact) mass is 366 g/mol. The molecule has 2 aromatic carbocycles. The van der Waals surface area contributed by atoms with Gasteiger partial charge in [-0.05, 0) is 35.4 Å². The van der Waals surface area contributed by atoms with Gasteiger partial charge in [0.05, 0.1) is 6.26 Å². The molecule has 0 unspecified atom stereocenters. The van der Waals surface area contributed by atoms with Crippen molar-refractivity contribution in [3.05, 3.63) is 89.9 Å². The molecule has 3 N–H and O–H groups in total. The molecule has 1 atom stereocenters. The molecular formula is C23H28NO3+. The van der Waals surface area contributed by atoms with Crippen LogP contribution < -0.4 is 10.1 Å². The van der Waals surface area contributed by atoms with Gasteiger partial charge in [0, 0.05) is 5.41 Å². The van der Waals surface area contributed by atoms with Crippen LogP contribution in [0.5, 0.6) is 5.75 Å². The fraction of sp³-hybridized carbons (Fsp3) is 0.304. The molecular weight excluding hydrogens is 338 g/mol. The molecule has 3 rings (SSSR count). The minimum atomic E-state index is -0.527. The molecule has 0 saturated carbocycles. The summed E-state index contributed by atoms with van der Waals surface area (Å²) in [4.78, 5) is 0. The predicted molar refractivity (Wildman–Crippen MR) is 106 cm³/mol. The van der Waals surface area contributed by atoms with Gasteiger partial charge in [0.15, 0.2) is 5.76 Å². The fourth-order valence-electron chi connectivity index (χ4n) is 3.10. The van der Waals surface area contributed by atoms with Crippen LogP contribution in [0.25, 0.3) is 0 Å². The van der Waals surface area contributed by atoms with Gasteiger partial charge in [-0.1, -0.05) is 56.3 Å². The standard InChI is InChI=1S/C23H27NO3/c1-23(2,18-7-4-3-5-8-18)19-10-12-21(13-11-19)27-17-20(25)15-24-16-22-9-6-14-26-22/h3-14,20,24-25H,15-17H2,1-2H3/p+1/t20-/m1/s1. The number of rotatable bonds is 9. The molecule has 0 aliphatic heterocycles. The lowest BCUT2D eigenvalue weighted by molar-refractivity contribution is -0.678. The van der Waals surface area contributed by atoms with Gasteiger partial charge in [-0.25, -0.2) is 0 Å². The molecule has 1 aromatic heterocycles. The van der Waals surface area contributed by atoms with E-state index >= 15 is 0 Å². The first-order valence-electron chi connectivity index (χ1n) is 9.36. The second-order valence-corrected chi connectivity index (χ2v) is 7.29. The van der Waals surface area contributed by atoms with Gasteiger partial charge in [0.1, 0.15) is 31.5 Å². The average Bonchev–Trinajstić information content (AvgIpc) is 3.21. The molecule has 0 saturated heterocycles. The first-order chi connectivity index (χ1) is 13.1. The maximum Gasteiger partial charge on any atom is 0.157 e. The molecule has 27 heavy (non-hydrogen) atoms. The summed E-state index contributed by atoms with van der Waals surface area (Å²) in [6.07, 6.45) is 1.13. The van der Waals surface area contributed by atoms with Crippen molar-refractivity contribution >= 4 is 0 Å². The van der Waals surface area contributed by atoms with Crippen LogP contribution in [-0.2, 0) is 12.0 Å². The molecule has 4 heteroatoms. The Hall–Kier alpha value is -2.56. The summed E-state index contributed by atoms with van der Waals surface area (Å²) >= 11 is 0. The number of nitrogens with two attached hydrogens (primary N) is 1. The van der Waals surface area contributed by atoms with Crippen molar-refractivity contribution in [2.45, 2.75) is 31.9 Å². The number of aliphatic hydroxyl groups is 1. The van der Waals surface area contributed by atoms with E-state index in [-0.39, 0.29) is 12.0 Å². The second kappa shape index (κ2) is 8.89. The number of benzene rings is 2. The summed E-state index contributed by atoms with van der Waals surface area (Å²) in [6.45, 7) is 6.00. The fourth-order valence-corrected chi connectivity index (χ4v) is 3.10. The third kappa shape index (κ3) is 5.22. The minimum absolute atomic E-state index is 0.0693. The summed E-state index contributed by atoms with van der Waals surface area (Å²) in [5.74, 6) is 1.67. The molecule has 0 fully saturated rings. The zero-order valence-electron chi connectivity index (χ0n) is 16.0. The SMILES string of the molecule is CC(C)(c1ccccc1)c1ccc(OC[C@H](O)C[NH2+]Cc2ccco2)cc1. The van der Waals surface area contributed by atoms with E-state index in [9.17, 15) is 5.11 Å². The topological polar surface area (TPSA) is 59.2 Å². The summed E-state index contributed by atoms with van der Waals surface area (Å²) in [5, 5.41) is 12.1. The quantitative estimate of drug-likeness (QED) is 0.612. The van der Waals surface area contributed by atoms with Gasteiger partial charge in [-0.15, -0.1) is 0 Å². The van der Waals surface area contributed by atoms with Gasteiger partial charge < -0.3 is 19.6 Å². The minimum Gasteiger partial charge on any atom is -0.491 e. The average molecular weight is 366 g/mol. The molecule has 142 valence electrons. The van der Waals surface area contributed by atoms with Crippen LogP contribution >= 0.6 is 0 Å². The van der Waals surface area contributed by atoms with E-state index in [4.69, 9.17) is 9.15 Å². The summed E-state index contributed by atoms with van der Waals surface area (Å²) in [6, 6.07) is 22.4. The number of hydrogen-bond donors (Lipinski definition) is 2. The molecule has 4 nitrogen and oxygen atoms in total. The lowest BCUT2D eigenvalue weighted by atomic mass is 9.78. The van der Waals surface area contributed by atoms with Crippen molar-refractivity contribution in [1.29, 1.82) is 0 Å². The summed E-state index contributed by atoms with van der Waals surface area (Å²) in [7, 11) is 0. The van der Waals surface area contributed by atoms with Crippen LogP contribution in [0.3, 0.4) is 0 Å². The smallest absolute Gasteiger partial charge is 0.157 e. The van der Waals surface area contributed by atoms with E-state index in [1.807, 2.05) is 35.6 Å². The van der Waals surface area contributed by atoms with Crippen molar-refractivity contribution in [2.24, 2.45) is 0 Å². The largest absolute Gasteiger partial charge is 0.491 e. The molecule has 0 aliphatic rings. The maximum atomic E-state index is 10.1. The first-order valence-corrected chi connectivity index (χ1v) is 9.36. The molecule has 0 aliphatic carbocycles. The van der Waals surface area contributed by atoms with E-state index in [1.165, 1.54) is 11.1 Å². The van der Waals surface area contributed by atoms with Crippen LogP contribution in [0.1, 0.15) is 30.7 Å². The summed E-state index contributed by atoms with van der Waals surface area (Å²) < 4.78 is 11.0. The van der Waals surface area contributed by atoms with Gasteiger partial charge in [-0.3, -0.25) is 0 Å². The second-order valence-electron chi connectivity index (χ2n) is 7.29.